The lowest BCUT2D eigenvalue weighted by molar-refractivity contribution is -0.137. The Morgan fingerprint density at radius 3 is 2.14 bits per heavy atom. The van der Waals surface area contributed by atoms with Crippen LogP contribution in [0.2, 0.25) is 0 Å². The van der Waals surface area contributed by atoms with Crippen LogP contribution in [0.1, 0.15) is 37.5 Å². The van der Waals surface area contributed by atoms with Crippen molar-refractivity contribution in [2.45, 2.75) is 32.4 Å². The van der Waals surface area contributed by atoms with E-state index in [0.717, 1.165) is 11.6 Å². The number of nitrogens with two attached hydrogens (primary N) is 1. The van der Waals surface area contributed by atoms with Crippen LogP contribution in [0.15, 0.2) is 24.3 Å². The Morgan fingerprint density at radius 1 is 1.05 bits per heavy atom. The molecule has 0 aliphatic carbocycles. The lowest BCUT2D eigenvalue weighted by Crippen LogP contribution is -2.15. The van der Waals surface area contributed by atoms with Gasteiger partial charge in [0.1, 0.15) is 0 Å². The zero-order valence-corrected chi connectivity index (χ0v) is 12.1. The predicted molar refractivity (Wildman–Crippen MR) is 80.0 cm³/mol. The molecule has 110 valence electrons. The molecule has 0 spiro atoms. The molecule has 0 aliphatic rings. The highest BCUT2D eigenvalue weighted by molar-refractivity contribution is 5.95. The molecular weight excluding hydrogens is 275 g/mol. The summed E-state index contributed by atoms with van der Waals surface area (Å²) in [7, 11) is 0. The van der Waals surface area contributed by atoms with Crippen molar-refractivity contribution in [2.75, 3.05) is 5.73 Å². The second-order valence-electron chi connectivity index (χ2n) is 6.05. The number of halogens is 3. The van der Waals surface area contributed by atoms with Gasteiger partial charge in [0.2, 0.25) is 0 Å². The highest BCUT2D eigenvalue weighted by Crippen LogP contribution is 2.40. The number of hydrogen-bond acceptors (Lipinski definition) is 1. The summed E-state index contributed by atoms with van der Waals surface area (Å²) in [6.07, 6.45) is 0.903. The fourth-order valence-corrected chi connectivity index (χ4v) is 2.47. The minimum Gasteiger partial charge on any atom is -0.399 e. The molecule has 2 N–H and O–H groups in total. The normalized spacial score (nSPS) is 12.4. The van der Waals surface area contributed by atoms with E-state index < -0.39 is 11.7 Å². The third-order valence-electron chi connectivity index (χ3n) is 3.40. The van der Waals surface area contributed by atoms with Crippen LogP contribution in [0.4, 0.5) is 18.9 Å². The molecule has 0 saturated heterocycles. The van der Waals surface area contributed by atoms with Crippen molar-refractivity contribution in [3.63, 3.8) is 0 Å². The maximum atomic E-state index is 13.2. The van der Waals surface area contributed by atoms with E-state index in [1.807, 2.05) is 20.8 Å². The number of hydrogen-bond donors (Lipinski definition) is 1. The van der Waals surface area contributed by atoms with Crippen LogP contribution < -0.4 is 5.73 Å². The van der Waals surface area contributed by atoms with Gasteiger partial charge in [-0.15, -0.1) is 6.42 Å². The molecule has 0 unspecified atom stereocenters. The molecule has 0 aromatic heterocycles. The maximum absolute atomic E-state index is 13.2. The Hall–Kier alpha value is -2.15. The van der Waals surface area contributed by atoms with Gasteiger partial charge in [0.25, 0.3) is 0 Å². The van der Waals surface area contributed by atoms with Crippen LogP contribution >= 0.6 is 0 Å². The summed E-state index contributed by atoms with van der Waals surface area (Å²) in [5, 5.41) is 1.08. The van der Waals surface area contributed by atoms with Gasteiger partial charge < -0.3 is 5.73 Å². The minimum absolute atomic E-state index is 0.120. The van der Waals surface area contributed by atoms with Gasteiger partial charge in [0, 0.05) is 16.6 Å². The van der Waals surface area contributed by atoms with Crippen LogP contribution in [-0.4, -0.2) is 0 Å². The van der Waals surface area contributed by atoms with Gasteiger partial charge in [-0.3, -0.25) is 0 Å². The van der Waals surface area contributed by atoms with Crippen LogP contribution in [0.25, 0.3) is 10.8 Å². The average Bonchev–Trinajstić information content (AvgIpc) is 2.33. The highest BCUT2D eigenvalue weighted by Gasteiger charge is 2.34. The van der Waals surface area contributed by atoms with Gasteiger partial charge in [0.15, 0.2) is 0 Å². The maximum Gasteiger partial charge on any atom is 0.417 e. The first-order valence-electron chi connectivity index (χ1n) is 6.46. The Morgan fingerprint density at radius 2 is 1.67 bits per heavy atom. The van der Waals surface area contributed by atoms with Crippen LogP contribution in [0.5, 0.6) is 0 Å². The van der Waals surface area contributed by atoms with Crippen LogP contribution in [0.3, 0.4) is 0 Å². The summed E-state index contributed by atoms with van der Waals surface area (Å²) in [5.41, 5.74) is 5.81. The third-order valence-corrected chi connectivity index (χ3v) is 3.40. The summed E-state index contributed by atoms with van der Waals surface area (Å²) in [6, 6.07) is 5.78. The van der Waals surface area contributed by atoms with Crippen molar-refractivity contribution < 1.29 is 13.2 Å². The van der Waals surface area contributed by atoms with Crippen molar-refractivity contribution in [1.29, 1.82) is 0 Å². The minimum atomic E-state index is -4.48. The zero-order chi connectivity index (χ0) is 16.0. The van der Waals surface area contributed by atoms with Gasteiger partial charge in [-0.25, -0.2) is 0 Å². The molecule has 21 heavy (non-hydrogen) atoms. The second kappa shape index (κ2) is 4.70. The summed E-state index contributed by atoms with van der Waals surface area (Å²) in [6.45, 7) is 5.76. The first kappa shape index (κ1) is 15.2. The van der Waals surface area contributed by atoms with Crippen molar-refractivity contribution in [2.24, 2.45) is 0 Å². The smallest absolute Gasteiger partial charge is 0.399 e. The standard InChI is InChI=1S/C17H16F3N/c1-5-12-13(17(18,19)20)7-6-10-8-11(21)9-14(15(10)12)16(2,3)4/h1,6-9H,21H2,2-4H3. The van der Waals surface area contributed by atoms with Crippen LogP contribution in [0, 0.1) is 12.3 Å². The molecule has 2 aromatic carbocycles. The first-order valence-corrected chi connectivity index (χ1v) is 6.46. The lowest BCUT2D eigenvalue weighted by Gasteiger charge is -2.24. The lowest BCUT2D eigenvalue weighted by atomic mass is 9.81. The highest BCUT2D eigenvalue weighted by atomic mass is 19.4. The Bertz CT molecular complexity index is 744. The number of nitrogen functional groups attached to an aromatic ring is 1. The molecule has 0 heterocycles. The summed E-state index contributed by atoms with van der Waals surface area (Å²) in [5.74, 6) is 2.22. The number of benzene rings is 2. The number of terminal acetylenes is 1. The fraction of sp³-hybridized carbons (Fsp3) is 0.294. The Labute approximate surface area is 122 Å². The van der Waals surface area contributed by atoms with Gasteiger partial charge in [-0.05, 0) is 34.6 Å². The average molecular weight is 291 g/mol. The SMILES string of the molecule is C#Cc1c(C(F)(F)F)ccc2cc(N)cc(C(C)(C)C)c12. The van der Waals surface area contributed by atoms with Gasteiger partial charge in [-0.2, -0.15) is 13.2 Å². The third kappa shape index (κ3) is 2.69. The summed E-state index contributed by atoms with van der Waals surface area (Å²) in [4.78, 5) is 0. The second-order valence-corrected chi connectivity index (χ2v) is 6.05. The van der Waals surface area contributed by atoms with Gasteiger partial charge >= 0.3 is 6.18 Å². The number of fused-ring (bicyclic) bond motifs is 1. The first-order chi connectivity index (χ1) is 9.55. The van der Waals surface area contributed by atoms with E-state index >= 15 is 0 Å². The van der Waals surface area contributed by atoms with Crippen molar-refractivity contribution in [3.8, 4) is 12.3 Å². The molecule has 1 nitrogen and oxygen atoms in total. The van der Waals surface area contributed by atoms with Crippen molar-refractivity contribution >= 4 is 16.5 Å². The monoisotopic (exact) mass is 291 g/mol. The number of anilines is 1. The Balaban J connectivity index is 3.02. The van der Waals surface area contributed by atoms with E-state index in [1.165, 1.54) is 6.07 Å². The predicted octanol–water partition coefficient (Wildman–Crippen LogP) is 4.72. The Kier molecular flexibility index (Phi) is 3.41. The summed E-state index contributed by atoms with van der Waals surface area (Å²) < 4.78 is 39.5. The largest absolute Gasteiger partial charge is 0.417 e. The number of alkyl halides is 3. The van der Waals surface area contributed by atoms with E-state index in [2.05, 4.69) is 5.92 Å². The van der Waals surface area contributed by atoms with E-state index in [1.54, 1.807) is 12.1 Å². The molecule has 0 atom stereocenters. The molecule has 4 heteroatoms. The van der Waals surface area contributed by atoms with E-state index in [9.17, 15) is 13.2 Å². The molecule has 0 radical (unpaired) electrons. The quantitative estimate of drug-likeness (QED) is 0.551. The van der Waals surface area contributed by atoms with Crippen LogP contribution in [-0.2, 0) is 11.6 Å². The molecule has 0 saturated carbocycles. The molecule has 0 bridgehead atoms. The van der Waals surface area contributed by atoms with E-state index in [4.69, 9.17) is 12.2 Å². The molecule has 0 fully saturated rings. The molecule has 2 rings (SSSR count). The van der Waals surface area contributed by atoms with Gasteiger partial charge in [-0.1, -0.05) is 32.8 Å². The van der Waals surface area contributed by atoms with Crippen molar-refractivity contribution in [3.05, 3.63) is 41.0 Å². The van der Waals surface area contributed by atoms with Crippen molar-refractivity contribution in [1.82, 2.24) is 0 Å². The number of rotatable bonds is 0. The fourth-order valence-electron chi connectivity index (χ4n) is 2.47. The molecule has 0 aliphatic heterocycles. The molecular formula is C17H16F3N. The summed E-state index contributed by atoms with van der Waals surface area (Å²) >= 11 is 0. The topological polar surface area (TPSA) is 26.0 Å². The van der Waals surface area contributed by atoms with E-state index in [0.29, 0.717) is 16.5 Å². The zero-order valence-electron chi connectivity index (χ0n) is 12.1. The van der Waals surface area contributed by atoms with Gasteiger partial charge in [0.05, 0.1) is 5.56 Å². The van der Waals surface area contributed by atoms with E-state index in [-0.39, 0.29) is 11.0 Å². The molecule has 0 amide bonds. The molecule has 2 aromatic rings.